The predicted octanol–water partition coefficient (Wildman–Crippen LogP) is 3.03. The smallest absolute Gasteiger partial charge is 0.254 e. The van der Waals surface area contributed by atoms with Gasteiger partial charge >= 0.3 is 0 Å². The van der Waals surface area contributed by atoms with Gasteiger partial charge in [-0.3, -0.25) is 4.79 Å². The molecule has 1 saturated heterocycles. The Labute approximate surface area is 154 Å². The standard InChI is InChI=1S/C20H25FN4O/c1-3-23(4-2)20(26)16-9-10-22-19(15-16)25-13-11-24(12-14-25)18-8-6-5-7-17(18)21/h5-10,15H,3-4,11-14H2,1-2H3. The number of aromatic nitrogens is 1. The van der Waals surface area contributed by atoms with Crippen molar-refractivity contribution in [3.8, 4) is 0 Å². The van der Waals surface area contributed by atoms with Gasteiger partial charge in [-0.1, -0.05) is 12.1 Å². The first kappa shape index (κ1) is 18.2. The largest absolute Gasteiger partial charge is 0.366 e. The number of para-hydroxylation sites is 1. The van der Waals surface area contributed by atoms with Crippen LogP contribution in [-0.2, 0) is 0 Å². The zero-order chi connectivity index (χ0) is 18.5. The number of nitrogens with zero attached hydrogens (tertiary/aromatic N) is 4. The maximum Gasteiger partial charge on any atom is 0.254 e. The third-order valence-electron chi connectivity index (χ3n) is 4.84. The SMILES string of the molecule is CCN(CC)C(=O)c1ccnc(N2CCN(c3ccccc3F)CC2)c1. The fraction of sp³-hybridized carbons (Fsp3) is 0.400. The minimum Gasteiger partial charge on any atom is -0.366 e. The van der Waals surface area contributed by atoms with Gasteiger partial charge < -0.3 is 14.7 Å². The number of rotatable bonds is 5. The van der Waals surface area contributed by atoms with Crippen LogP contribution in [0.15, 0.2) is 42.6 Å². The molecule has 1 aliphatic heterocycles. The van der Waals surface area contributed by atoms with Crippen LogP contribution in [0.5, 0.6) is 0 Å². The number of hydrogen-bond donors (Lipinski definition) is 0. The molecular weight excluding hydrogens is 331 g/mol. The van der Waals surface area contributed by atoms with Crippen LogP contribution in [0.2, 0.25) is 0 Å². The molecule has 138 valence electrons. The monoisotopic (exact) mass is 356 g/mol. The van der Waals surface area contributed by atoms with Crippen LogP contribution in [0.3, 0.4) is 0 Å². The molecule has 2 aromatic rings. The summed E-state index contributed by atoms with van der Waals surface area (Å²) in [4.78, 5) is 23.0. The molecule has 6 heteroatoms. The molecule has 0 aliphatic carbocycles. The molecule has 5 nitrogen and oxygen atoms in total. The van der Waals surface area contributed by atoms with Gasteiger partial charge in [-0.2, -0.15) is 0 Å². The highest BCUT2D eigenvalue weighted by Gasteiger charge is 2.21. The lowest BCUT2D eigenvalue weighted by Gasteiger charge is -2.37. The van der Waals surface area contributed by atoms with Gasteiger partial charge in [-0.25, -0.2) is 9.37 Å². The fourth-order valence-electron chi connectivity index (χ4n) is 3.30. The molecule has 0 unspecified atom stereocenters. The maximum atomic E-state index is 14.0. The van der Waals surface area contributed by atoms with E-state index in [9.17, 15) is 9.18 Å². The summed E-state index contributed by atoms with van der Waals surface area (Å²) < 4.78 is 14.0. The Morgan fingerprint density at radius 1 is 1.08 bits per heavy atom. The average Bonchev–Trinajstić information content (AvgIpc) is 2.69. The number of pyridine rings is 1. The van der Waals surface area contributed by atoms with Crippen LogP contribution in [0.4, 0.5) is 15.9 Å². The molecule has 26 heavy (non-hydrogen) atoms. The van der Waals surface area contributed by atoms with Gasteiger partial charge in [0.05, 0.1) is 5.69 Å². The Morgan fingerprint density at radius 2 is 1.73 bits per heavy atom. The number of amides is 1. The molecule has 0 atom stereocenters. The first-order chi connectivity index (χ1) is 12.6. The normalized spacial score (nSPS) is 14.4. The van der Waals surface area contributed by atoms with Crippen molar-refractivity contribution in [3.05, 3.63) is 54.0 Å². The van der Waals surface area contributed by atoms with E-state index in [1.165, 1.54) is 6.07 Å². The van der Waals surface area contributed by atoms with Crippen LogP contribution in [-0.4, -0.2) is 55.1 Å². The minimum absolute atomic E-state index is 0.0312. The van der Waals surface area contributed by atoms with Crippen molar-refractivity contribution in [2.45, 2.75) is 13.8 Å². The topological polar surface area (TPSA) is 39.7 Å². The number of benzene rings is 1. The summed E-state index contributed by atoms with van der Waals surface area (Å²) in [6.45, 7) is 8.25. The van der Waals surface area contributed by atoms with E-state index in [-0.39, 0.29) is 11.7 Å². The maximum absolute atomic E-state index is 14.0. The van der Waals surface area contributed by atoms with Crippen molar-refractivity contribution in [3.63, 3.8) is 0 Å². The van der Waals surface area contributed by atoms with Crippen LogP contribution >= 0.6 is 0 Å². The van der Waals surface area contributed by atoms with Crippen LogP contribution in [0.1, 0.15) is 24.2 Å². The highest BCUT2D eigenvalue weighted by atomic mass is 19.1. The van der Waals surface area contributed by atoms with Crippen molar-refractivity contribution in [1.82, 2.24) is 9.88 Å². The molecule has 1 aromatic carbocycles. The third kappa shape index (κ3) is 3.79. The lowest BCUT2D eigenvalue weighted by atomic mass is 10.2. The highest BCUT2D eigenvalue weighted by Crippen LogP contribution is 2.22. The lowest BCUT2D eigenvalue weighted by molar-refractivity contribution is 0.0773. The van der Waals surface area contributed by atoms with E-state index in [0.717, 1.165) is 32.0 Å². The lowest BCUT2D eigenvalue weighted by Crippen LogP contribution is -2.47. The van der Waals surface area contributed by atoms with Crippen LogP contribution < -0.4 is 9.80 Å². The van der Waals surface area contributed by atoms with Gasteiger partial charge in [0.2, 0.25) is 0 Å². The van der Waals surface area contributed by atoms with Crippen molar-refractivity contribution in [1.29, 1.82) is 0 Å². The Hall–Kier alpha value is -2.63. The van der Waals surface area contributed by atoms with Gasteiger partial charge in [-0.05, 0) is 38.1 Å². The van der Waals surface area contributed by atoms with E-state index >= 15 is 0 Å². The number of piperazine rings is 1. The molecule has 0 saturated carbocycles. The van der Waals surface area contributed by atoms with E-state index in [0.29, 0.717) is 24.3 Å². The molecule has 3 rings (SSSR count). The van der Waals surface area contributed by atoms with Crippen molar-refractivity contribution < 1.29 is 9.18 Å². The minimum atomic E-state index is -0.189. The van der Waals surface area contributed by atoms with Gasteiger partial charge in [-0.15, -0.1) is 0 Å². The molecule has 0 N–H and O–H groups in total. The summed E-state index contributed by atoms with van der Waals surface area (Å²) in [5, 5.41) is 0. The zero-order valence-electron chi connectivity index (χ0n) is 15.4. The predicted molar refractivity (Wildman–Crippen MR) is 102 cm³/mol. The molecule has 1 aromatic heterocycles. The zero-order valence-corrected chi connectivity index (χ0v) is 15.4. The fourth-order valence-corrected chi connectivity index (χ4v) is 3.30. The summed E-state index contributed by atoms with van der Waals surface area (Å²) in [5.74, 6) is 0.644. The van der Waals surface area contributed by atoms with Crippen LogP contribution in [0, 0.1) is 5.82 Å². The first-order valence-electron chi connectivity index (χ1n) is 9.13. The van der Waals surface area contributed by atoms with E-state index in [4.69, 9.17) is 0 Å². The quantitative estimate of drug-likeness (QED) is 0.826. The van der Waals surface area contributed by atoms with E-state index in [1.54, 1.807) is 23.2 Å². The molecule has 0 spiro atoms. The number of anilines is 2. The van der Waals surface area contributed by atoms with Crippen molar-refractivity contribution >= 4 is 17.4 Å². The van der Waals surface area contributed by atoms with E-state index in [1.807, 2.05) is 32.0 Å². The van der Waals surface area contributed by atoms with Gasteiger partial charge in [0.15, 0.2) is 0 Å². The van der Waals surface area contributed by atoms with Gasteiger partial charge in [0.1, 0.15) is 11.6 Å². The van der Waals surface area contributed by atoms with Crippen molar-refractivity contribution in [2.75, 3.05) is 49.1 Å². The first-order valence-corrected chi connectivity index (χ1v) is 9.13. The van der Waals surface area contributed by atoms with Gasteiger partial charge in [0.25, 0.3) is 5.91 Å². The summed E-state index contributed by atoms with van der Waals surface area (Å²) in [5.41, 5.74) is 1.31. The second kappa shape index (κ2) is 8.17. The molecule has 2 heterocycles. The van der Waals surface area contributed by atoms with E-state index in [2.05, 4.69) is 14.8 Å². The summed E-state index contributed by atoms with van der Waals surface area (Å²) in [6, 6.07) is 10.5. The number of halogens is 1. The molecule has 1 aliphatic rings. The molecule has 1 amide bonds. The Bertz CT molecular complexity index is 755. The number of carbonyl (C=O) groups excluding carboxylic acids is 1. The summed E-state index contributed by atoms with van der Waals surface area (Å²) >= 11 is 0. The number of hydrogen-bond acceptors (Lipinski definition) is 4. The Morgan fingerprint density at radius 3 is 2.38 bits per heavy atom. The molecule has 0 radical (unpaired) electrons. The van der Waals surface area contributed by atoms with E-state index < -0.39 is 0 Å². The van der Waals surface area contributed by atoms with Crippen LogP contribution in [0.25, 0.3) is 0 Å². The third-order valence-corrected chi connectivity index (χ3v) is 4.84. The second-order valence-electron chi connectivity index (χ2n) is 6.31. The summed E-state index contributed by atoms with van der Waals surface area (Å²) in [6.07, 6.45) is 1.69. The average molecular weight is 356 g/mol. The Kier molecular flexibility index (Phi) is 5.71. The van der Waals surface area contributed by atoms with Crippen molar-refractivity contribution in [2.24, 2.45) is 0 Å². The van der Waals surface area contributed by atoms with Gasteiger partial charge in [0, 0.05) is 51.0 Å². The molecule has 1 fully saturated rings. The highest BCUT2D eigenvalue weighted by molar-refractivity contribution is 5.94. The Balaban J connectivity index is 1.69. The molecule has 0 bridgehead atoms. The number of carbonyl (C=O) groups is 1. The summed E-state index contributed by atoms with van der Waals surface area (Å²) in [7, 11) is 0. The molecular formula is C20H25FN4O. The second-order valence-corrected chi connectivity index (χ2v) is 6.31.